The molecule has 0 aliphatic heterocycles. The Kier molecular flexibility index (Phi) is 3.93. The number of aliphatic carboxylic acids is 1. The average molecular weight is 193 g/mol. The molecule has 0 saturated heterocycles. The minimum absolute atomic E-state index is 0.0102. The molecule has 0 fully saturated rings. The molecule has 1 N–H and O–H groups in total. The monoisotopic (exact) mass is 192 g/mol. The fourth-order valence-corrected chi connectivity index (χ4v) is 0.677. The van der Waals surface area contributed by atoms with E-state index in [0.29, 0.717) is 0 Å². The SMILES string of the molecule is C=C/C(C(=O)O)=C(/Cl)C(=C)Cl. The lowest BCUT2D eigenvalue weighted by Crippen LogP contribution is -1.99. The zero-order chi connectivity index (χ0) is 9.02. The van der Waals surface area contributed by atoms with E-state index < -0.39 is 5.97 Å². The first-order chi connectivity index (χ1) is 5.00. The zero-order valence-electron chi connectivity index (χ0n) is 5.60. The van der Waals surface area contributed by atoms with Gasteiger partial charge in [-0.3, -0.25) is 0 Å². The maximum atomic E-state index is 10.4. The van der Waals surface area contributed by atoms with Gasteiger partial charge in [0.2, 0.25) is 0 Å². The van der Waals surface area contributed by atoms with Crippen LogP contribution in [0.2, 0.25) is 0 Å². The van der Waals surface area contributed by atoms with Crippen LogP contribution >= 0.6 is 23.2 Å². The molecule has 0 aromatic carbocycles. The summed E-state index contributed by atoms with van der Waals surface area (Å²) in [5.74, 6) is -1.17. The van der Waals surface area contributed by atoms with Crippen molar-refractivity contribution >= 4 is 29.2 Å². The van der Waals surface area contributed by atoms with Gasteiger partial charge in [-0.25, -0.2) is 4.79 Å². The van der Waals surface area contributed by atoms with E-state index in [0.717, 1.165) is 6.08 Å². The number of carboxylic acid groups (broad SMARTS) is 1. The summed E-state index contributed by atoms with van der Waals surface area (Å²) >= 11 is 10.8. The number of carbonyl (C=O) groups is 1. The lowest BCUT2D eigenvalue weighted by atomic mass is 10.2. The van der Waals surface area contributed by atoms with Crippen LogP contribution in [0.3, 0.4) is 0 Å². The average Bonchev–Trinajstić information content (AvgIpc) is 1.88. The lowest BCUT2D eigenvalue weighted by Gasteiger charge is -1.97. The van der Waals surface area contributed by atoms with Crippen molar-refractivity contribution in [3.63, 3.8) is 0 Å². The predicted molar refractivity (Wildman–Crippen MR) is 45.7 cm³/mol. The molecule has 0 aliphatic carbocycles. The molecule has 0 saturated carbocycles. The van der Waals surface area contributed by atoms with E-state index in [9.17, 15) is 4.79 Å². The predicted octanol–water partition coefficient (Wildman–Crippen LogP) is 2.50. The highest BCUT2D eigenvalue weighted by atomic mass is 35.5. The Bertz CT molecular complexity index is 241. The van der Waals surface area contributed by atoms with Crippen LogP contribution in [0.15, 0.2) is 34.9 Å². The second-order valence-corrected chi connectivity index (χ2v) is 2.48. The van der Waals surface area contributed by atoms with Crippen LogP contribution in [0, 0.1) is 0 Å². The second kappa shape index (κ2) is 4.21. The minimum atomic E-state index is -1.17. The molecule has 0 amide bonds. The van der Waals surface area contributed by atoms with Crippen LogP contribution in [0.5, 0.6) is 0 Å². The molecule has 60 valence electrons. The molecular weight excluding hydrogens is 187 g/mol. The third-order valence-corrected chi connectivity index (χ3v) is 1.63. The van der Waals surface area contributed by atoms with Crippen LogP contribution in [0.4, 0.5) is 0 Å². The number of allylic oxidation sites excluding steroid dienone is 2. The van der Waals surface area contributed by atoms with Gasteiger partial charge < -0.3 is 5.11 Å². The molecule has 0 unspecified atom stereocenters. The van der Waals surface area contributed by atoms with Gasteiger partial charge in [-0.05, 0) is 0 Å². The largest absolute Gasteiger partial charge is 0.478 e. The third-order valence-electron chi connectivity index (χ3n) is 0.909. The number of carboxylic acids is 1. The van der Waals surface area contributed by atoms with E-state index in [4.69, 9.17) is 28.3 Å². The van der Waals surface area contributed by atoms with Gasteiger partial charge >= 0.3 is 5.97 Å². The summed E-state index contributed by atoms with van der Waals surface area (Å²) < 4.78 is 0. The van der Waals surface area contributed by atoms with Crippen LogP contribution in [-0.2, 0) is 4.79 Å². The van der Waals surface area contributed by atoms with Gasteiger partial charge in [-0.2, -0.15) is 0 Å². The van der Waals surface area contributed by atoms with Gasteiger partial charge in [0.25, 0.3) is 0 Å². The molecule has 0 bridgehead atoms. The number of rotatable bonds is 3. The fraction of sp³-hybridized carbons (Fsp3) is 0. The molecular formula is C7H6Cl2O2. The van der Waals surface area contributed by atoms with Crippen molar-refractivity contribution in [3.8, 4) is 0 Å². The molecule has 0 rings (SSSR count). The molecule has 0 atom stereocenters. The van der Waals surface area contributed by atoms with E-state index in [-0.39, 0.29) is 15.6 Å². The van der Waals surface area contributed by atoms with Crippen LogP contribution in [0.25, 0.3) is 0 Å². The Morgan fingerprint density at radius 3 is 2.00 bits per heavy atom. The molecule has 0 aromatic heterocycles. The molecule has 2 nitrogen and oxygen atoms in total. The van der Waals surface area contributed by atoms with Crippen molar-refractivity contribution in [3.05, 3.63) is 34.9 Å². The summed E-state index contributed by atoms with van der Waals surface area (Å²) in [4.78, 5) is 10.4. The van der Waals surface area contributed by atoms with Gasteiger partial charge in [0.05, 0.1) is 15.6 Å². The Balaban J connectivity index is 4.99. The van der Waals surface area contributed by atoms with Crippen molar-refractivity contribution in [1.82, 2.24) is 0 Å². The van der Waals surface area contributed by atoms with Crippen LogP contribution in [-0.4, -0.2) is 11.1 Å². The summed E-state index contributed by atoms with van der Waals surface area (Å²) in [7, 11) is 0. The highest BCUT2D eigenvalue weighted by Gasteiger charge is 2.09. The van der Waals surface area contributed by atoms with Crippen molar-refractivity contribution in [1.29, 1.82) is 0 Å². The number of hydrogen-bond donors (Lipinski definition) is 1. The van der Waals surface area contributed by atoms with Gasteiger partial charge in [-0.1, -0.05) is 42.4 Å². The van der Waals surface area contributed by atoms with E-state index in [2.05, 4.69) is 13.2 Å². The first kappa shape index (κ1) is 10.3. The highest BCUT2D eigenvalue weighted by Crippen LogP contribution is 2.21. The van der Waals surface area contributed by atoms with Gasteiger partial charge in [0, 0.05) is 0 Å². The summed E-state index contributed by atoms with van der Waals surface area (Å²) in [6.07, 6.45) is 1.11. The highest BCUT2D eigenvalue weighted by molar-refractivity contribution is 6.45. The maximum absolute atomic E-state index is 10.4. The van der Waals surface area contributed by atoms with Crippen LogP contribution in [0.1, 0.15) is 0 Å². The zero-order valence-corrected chi connectivity index (χ0v) is 7.11. The first-order valence-electron chi connectivity index (χ1n) is 2.61. The summed E-state index contributed by atoms with van der Waals surface area (Å²) in [6.45, 7) is 6.53. The Morgan fingerprint density at radius 2 is 1.91 bits per heavy atom. The molecule has 4 heteroatoms. The quantitative estimate of drug-likeness (QED) is 0.552. The third kappa shape index (κ3) is 2.78. The number of halogens is 2. The molecule has 0 aromatic rings. The topological polar surface area (TPSA) is 37.3 Å². The van der Waals surface area contributed by atoms with Crippen molar-refractivity contribution in [2.75, 3.05) is 0 Å². The summed E-state index contributed by atoms with van der Waals surface area (Å²) in [6, 6.07) is 0. The van der Waals surface area contributed by atoms with Crippen molar-refractivity contribution in [2.45, 2.75) is 0 Å². The van der Waals surface area contributed by atoms with Crippen LogP contribution < -0.4 is 0 Å². The normalized spacial score (nSPS) is 11.8. The molecule has 0 radical (unpaired) electrons. The maximum Gasteiger partial charge on any atom is 0.337 e. The molecule has 0 aliphatic rings. The minimum Gasteiger partial charge on any atom is -0.478 e. The summed E-state index contributed by atoms with van der Waals surface area (Å²) in [5, 5.41) is 8.38. The molecule has 0 heterocycles. The van der Waals surface area contributed by atoms with E-state index >= 15 is 0 Å². The standard InChI is InChI=1S/C7H6Cl2O2/c1-3-5(7(10)11)6(9)4(2)8/h3H,1-2H2,(H,10,11)/b6-5-. The molecule has 11 heavy (non-hydrogen) atoms. The fourth-order valence-electron chi connectivity index (χ4n) is 0.417. The van der Waals surface area contributed by atoms with Gasteiger partial charge in [-0.15, -0.1) is 0 Å². The van der Waals surface area contributed by atoms with E-state index in [1.807, 2.05) is 0 Å². The Morgan fingerprint density at radius 1 is 1.45 bits per heavy atom. The summed E-state index contributed by atoms with van der Waals surface area (Å²) in [5.41, 5.74) is -0.147. The van der Waals surface area contributed by atoms with E-state index in [1.54, 1.807) is 0 Å². The second-order valence-electron chi connectivity index (χ2n) is 1.64. The first-order valence-corrected chi connectivity index (χ1v) is 3.36. The van der Waals surface area contributed by atoms with Crippen molar-refractivity contribution < 1.29 is 9.90 Å². The number of hydrogen-bond acceptors (Lipinski definition) is 1. The lowest BCUT2D eigenvalue weighted by molar-refractivity contribution is -0.132. The Hall–Kier alpha value is -0.730. The molecule has 0 spiro atoms. The van der Waals surface area contributed by atoms with Crippen molar-refractivity contribution in [2.24, 2.45) is 0 Å². The smallest absolute Gasteiger partial charge is 0.337 e. The van der Waals surface area contributed by atoms with Gasteiger partial charge in [0.1, 0.15) is 0 Å². The van der Waals surface area contributed by atoms with Gasteiger partial charge in [0.15, 0.2) is 0 Å². The Labute approximate surface area is 74.4 Å². The van der Waals surface area contributed by atoms with E-state index in [1.165, 1.54) is 0 Å².